The van der Waals surface area contributed by atoms with E-state index in [1.165, 1.54) is 6.07 Å². The van der Waals surface area contributed by atoms with Crippen LogP contribution >= 0.6 is 11.6 Å². The van der Waals surface area contributed by atoms with Gasteiger partial charge in [0.05, 0.1) is 0 Å². The van der Waals surface area contributed by atoms with Crippen molar-refractivity contribution in [3.05, 3.63) is 29.0 Å². The second-order valence-corrected chi connectivity index (χ2v) is 4.10. The predicted molar refractivity (Wildman–Crippen MR) is 66.7 cm³/mol. The summed E-state index contributed by atoms with van der Waals surface area (Å²) in [6, 6.07) is 1.35. The second kappa shape index (κ2) is 6.91. The third-order valence-corrected chi connectivity index (χ3v) is 2.36. The zero-order valence-corrected chi connectivity index (χ0v) is 10.4. The highest BCUT2D eigenvalue weighted by Gasteiger charge is 2.19. The zero-order chi connectivity index (χ0) is 14.4. The SMILES string of the molecule is O=C(Nc1cc(F)cc(Cl)c1)N[C@H](CCO)C(=O)O. The number of aliphatic hydroxyl groups excluding tert-OH is 1. The Morgan fingerprint density at radius 3 is 2.58 bits per heavy atom. The van der Waals surface area contributed by atoms with Crippen LogP contribution in [0.15, 0.2) is 18.2 Å². The molecule has 0 fully saturated rings. The maximum absolute atomic E-state index is 13.0. The van der Waals surface area contributed by atoms with E-state index >= 15 is 0 Å². The summed E-state index contributed by atoms with van der Waals surface area (Å²) in [6.45, 7) is -0.386. The van der Waals surface area contributed by atoms with Gasteiger partial charge in [-0.15, -0.1) is 0 Å². The summed E-state index contributed by atoms with van der Waals surface area (Å²) in [5.41, 5.74) is 0.0932. The number of carboxylic acid groups (broad SMARTS) is 1. The van der Waals surface area contributed by atoms with Crippen molar-refractivity contribution in [3.63, 3.8) is 0 Å². The van der Waals surface area contributed by atoms with E-state index in [0.29, 0.717) is 0 Å². The van der Waals surface area contributed by atoms with Gasteiger partial charge in [-0.1, -0.05) is 11.6 Å². The van der Waals surface area contributed by atoms with Crippen molar-refractivity contribution in [2.75, 3.05) is 11.9 Å². The molecular formula is C11H12ClFN2O4. The monoisotopic (exact) mass is 290 g/mol. The van der Waals surface area contributed by atoms with Gasteiger partial charge in [-0.25, -0.2) is 14.0 Å². The highest BCUT2D eigenvalue weighted by molar-refractivity contribution is 6.30. The summed E-state index contributed by atoms with van der Waals surface area (Å²) in [5, 5.41) is 21.9. The highest BCUT2D eigenvalue weighted by atomic mass is 35.5. The molecule has 0 bridgehead atoms. The maximum Gasteiger partial charge on any atom is 0.326 e. The summed E-state index contributed by atoms with van der Waals surface area (Å²) in [5.74, 6) is -1.91. The standard InChI is InChI=1S/C11H12ClFN2O4/c12-6-3-7(13)5-8(4-6)14-11(19)15-9(1-2-16)10(17)18/h3-5,9,16H,1-2H2,(H,17,18)(H2,14,15,19)/t9-/m1/s1. The molecule has 0 aliphatic carbocycles. The van der Waals surface area contributed by atoms with Gasteiger partial charge in [-0.05, 0) is 18.2 Å². The molecule has 0 aliphatic heterocycles. The Kier molecular flexibility index (Phi) is 5.53. The molecule has 8 heteroatoms. The van der Waals surface area contributed by atoms with Crippen LogP contribution in [0.4, 0.5) is 14.9 Å². The average Bonchev–Trinajstić information content (AvgIpc) is 2.26. The molecule has 0 radical (unpaired) electrons. The fourth-order valence-corrected chi connectivity index (χ4v) is 1.56. The Hall–Kier alpha value is -1.86. The van der Waals surface area contributed by atoms with E-state index in [0.717, 1.165) is 12.1 Å². The fourth-order valence-electron chi connectivity index (χ4n) is 1.34. The average molecular weight is 291 g/mol. The summed E-state index contributed by atoms with van der Waals surface area (Å²) < 4.78 is 13.0. The van der Waals surface area contributed by atoms with Crippen molar-refractivity contribution in [2.45, 2.75) is 12.5 Å². The first-order valence-corrected chi connectivity index (χ1v) is 5.67. The predicted octanol–water partition coefficient (Wildman–Crippen LogP) is 1.44. The molecule has 19 heavy (non-hydrogen) atoms. The number of hydrogen-bond acceptors (Lipinski definition) is 3. The number of aliphatic hydroxyl groups is 1. The van der Waals surface area contributed by atoms with Crippen LogP contribution in [0.25, 0.3) is 0 Å². The lowest BCUT2D eigenvalue weighted by Gasteiger charge is -2.14. The van der Waals surface area contributed by atoms with Gasteiger partial charge < -0.3 is 20.8 Å². The topological polar surface area (TPSA) is 98.7 Å². The first kappa shape index (κ1) is 15.2. The second-order valence-electron chi connectivity index (χ2n) is 3.66. The summed E-state index contributed by atoms with van der Waals surface area (Å²) in [7, 11) is 0. The van der Waals surface area contributed by atoms with Gasteiger partial charge in [0.15, 0.2) is 0 Å². The van der Waals surface area contributed by atoms with Crippen LogP contribution in [0.3, 0.4) is 0 Å². The molecule has 0 aromatic heterocycles. The molecule has 0 saturated carbocycles. The van der Waals surface area contributed by atoms with Crippen molar-refractivity contribution in [3.8, 4) is 0 Å². The zero-order valence-electron chi connectivity index (χ0n) is 9.69. The minimum absolute atomic E-state index is 0.0932. The minimum Gasteiger partial charge on any atom is -0.480 e. The Labute approximate surface area is 113 Å². The Morgan fingerprint density at radius 1 is 1.37 bits per heavy atom. The smallest absolute Gasteiger partial charge is 0.326 e. The number of benzene rings is 1. The first-order chi connectivity index (χ1) is 8.92. The Morgan fingerprint density at radius 2 is 2.05 bits per heavy atom. The van der Waals surface area contributed by atoms with E-state index in [9.17, 15) is 14.0 Å². The number of nitrogens with one attached hydrogen (secondary N) is 2. The summed E-state index contributed by atoms with van der Waals surface area (Å²) in [4.78, 5) is 22.2. The number of carboxylic acids is 1. The van der Waals surface area contributed by atoms with Crippen LogP contribution in [0.1, 0.15) is 6.42 Å². The van der Waals surface area contributed by atoms with Crippen molar-refractivity contribution >= 4 is 29.3 Å². The van der Waals surface area contributed by atoms with Crippen LogP contribution in [0, 0.1) is 5.82 Å². The van der Waals surface area contributed by atoms with Crippen LogP contribution in [0.2, 0.25) is 5.02 Å². The van der Waals surface area contributed by atoms with Crippen molar-refractivity contribution < 1.29 is 24.2 Å². The van der Waals surface area contributed by atoms with Crippen molar-refractivity contribution in [1.29, 1.82) is 0 Å². The van der Waals surface area contributed by atoms with Gasteiger partial charge >= 0.3 is 12.0 Å². The van der Waals surface area contributed by atoms with Crippen LogP contribution in [0.5, 0.6) is 0 Å². The lowest BCUT2D eigenvalue weighted by Crippen LogP contribution is -2.43. The summed E-state index contributed by atoms with van der Waals surface area (Å²) in [6.07, 6.45) is -0.132. The molecule has 6 nitrogen and oxygen atoms in total. The molecule has 4 N–H and O–H groups in total. The molecule has 0 aliphatic rings. The van der Waals surface area contributed by atoms with E-state index in [2.05, 4.69) is 10.6 Å². The Balaban J connectivity index is 2.66. The molecule has 104 valence electrons. The van der Waals surface area contributed by atoms with E-state index in [1.54, 1.807) is 0 Å². The number of carbonyl (C=O) groups excluding carboxylic acids is 1. The third-order valence-electron chi connectivity index (χ3n) is 2.14. The Bertz CT molecular complexity index is 464. The van der Waals surface area contributed by atoms with Crippen LogP contribution < -0.4 is 10.6 Å². The molecule has 0 unspecified atom stereocenters. The van der Waals surface area contributed by atoms with Gasteiger partial charge in [-0.3, -0.25) is 0 Å². The van der Waals surface area contributed by atoms with Gasteiger partial charge in [0, 0.05) is 23.7 Å². The molecule has 0 saturated heterocycles. The lowest BCUT2D eigenvalue weighted by atomic mass is 10.2. The minimum atomic E-state index is -1.28. The first-order valence-electron chi connectivity index (χ1n) is 5.29. The quantitative estimate of drug-likeness (QED) is 0.659. The number of anilines is 1. The molecular weight excluding hydrogens is 279 g/mol. The molecule has 1 aromatic rings. The van der Waals surface area contributed by atoms with Crippen LogP contribution in [-0.2, 0) is 4.79 Å². The number of rotatable bonds is 5. The molecule has 1 atom stereocenters. The van der Waals surface area contributed by atoms with Gasteiger partial charge in [0.25, 0.3) is 0 Å². The largest absolute Gasteiger partial charge is 0.480 e. The van der Waals surface area contributed by atoms with Crippen LogP contribution in [-0.4, -0.2) is 34.9 Å². The number of carbonyl (C=O) groups is 2. The molecule has 0 heterocycles. The molecule has 2 amide bonds. The highest BCUT2D eigenvalue weighted by Crippen LogP contribution is 2.17. The fraction of sp³-hybridized carbons (Fsp3) is 0.273. The van der Waals surface area contributed by atoms with E-state index in [1.807, 2.05) is 0 Å². The molecule has 0 spiro atoms. The van der Waals surface area contributed by atoms with E-state index in [4.69, 9.17) is 21.8 Å². The number of urea groups is 1. The van der Waals surface area contributed by atoms with Gasteiger partial charge in [-0.2, -0.15) is 0 Å². The van der Waals surface area contributed by atoms with Crippen molar-refractivity contribution in [2.24, 2.45) is 0 Å². The lowest BCUT2D eigenvalue weighted by molar-refractivity contribution is -0.139. The normalized spacial score (nSPS) is 11.7. The van der Waals surface area contributed by atoms with Gasteiger partial charge in [0.1, 0.15) is 11.9 Å². The van der Waals surface area contributed by atoms with E-state index in [-0.39, 0.29) is 23.7 Å². The number of hydrogen-bond donors (Lipinski definition) is 4. The number of halogens is 2. The number of amides is 2. The molecule has 1 aromatic carbocycles. The maximum atomic E-state index is 13.0. The van der Waals surface area contributed by atoms with Gasteiger partial charge in [0.2, 0.25) is 0 Å². The molecule has 1 rings (SSSR count). The van der Waals surface area contributed by atoms with Crippen molar-refractivity contribution in [1.82, 2.24) is 5.32 Å². The third kappa shape index (κ3) is 5.11. The number of aliphatic carboxylic acids is 1. The summed E-state index contributed by atoms with van der Waals surface area (Å²) >= 11 is 5.60. The van der Waals surface area contributed by atoms with E-state index < -0.39 is 23.9 Å².